The lowest BCUT2D eigenvalue weighted by Crippen LogP contribution is -2.25. The van der Waals surface area contributed by atoms with Crippen LogP contribution in [0.15, 0.2) is 71.7 Å². The van der Waals surface area contributed by atoms with Crippen molar-refractivity contribution >= 4 is 29.0 Å². The Bertz CT molecular complexity index is 1100. The average Bonchev–Trinajstić information content (AvgIpc) is 3.23. The molecule has 3 aromatic carbocycles. The first kappa shape index (κ1) is 22.5. The minimum Gasteiger partial charge on any atom is -0.497 e. The van der Waals surface area contributed by atoms with E-state index in [4.69, 9.17) is 37.7 Å². The first-order valence-electron chi connectivity index (χ1n) is 10.6. The van der Waals surface area contributed by atoms with Gasteiger partial charge in [0.05, 0.1) is 25.3 Å². The fourth-order valence-corrected chi connectivity index (χ4v) is 3.94. The maximum absolute atomic E-state index is 6.13. The average molecular weight is 469 g/mol. The van der Waals surface area contributed by atoms with E-state index in [-0.39, 0.29) is 12.1 Å². The molecule has 2 unspecified atom stereocenters. The molecule has 0 bridgehead atoms. The standard InChI is InChI=1S/C26H26Cl2N2O2/c1-16(2)15-32-23-14-21(31-3)12-13-22(23)26-29-24(17-4-8-19(27)9-5-17)25(30-26)18-6-10-20(28)11-7-18/h4-14,16,24-25H,15H2,1-3H3,(H,29,30). The van der Waals surface area contributed by atoms with Gasteiger partial charge in [0.25, 0.3) is 0 Å². The van der Waals surface area contributed by atoms with E-state index >= 15 is 0 Å². The van der Waals surface area contributed by atoms with Crippen LogP contribution in [0.4, 0.5) is 0 Å². The number of halogens is 2. The molecule has 2 atom stereocenters. The Kier molecular flexibility index (Phi) is 6.92. The molecule has 1 N–H and O–H groups in total. The maximum Gasteiger partial charge on any atom is 0.133 e. The van der Waals surface area contributed by atoms with Gasteiger partial charge in [0.2, 0.25) is 0 Å². The van der Waals surface area contributed by atoms with Gasteiger partial charge in [0.15, 0.2) is 0 Å². The lowest BCUT2D eigenvalue weighted by atomic mass is 9.95. The van der Waals surface area contributed by atoms with Gasteiger partial charge in [-0.3, -0.25) is 4.99 Å². The molecule has 4 rings (SSSR count). The van der Waals surface area contributed by atoms with Gasteiger partial charge in [-0.1, -0.05) is 61.3 Å². The van der Waals surface area contributed by atoms with Gasteiger partial charge in [0, 0.05) is 16.1 Å². The van der Waals surface area contributed by atoms with Crippen molar-refractivity contribution in [1.29, 1.82) is 0 Å². The molecular weight excluding hydrogens is 443 g/mol. The summed E-state index contributed by atoms with van der Waals surface area (Å²) in [6, 6.07) is 21.4. The molecule has 0 aromatic heterocycles. The molecule has 6 heteroatoms. The van der Waals surface area contributed by atoms with Crippen molar-refractivity contribution in [3.05, 3.63) is 93.5 Å². The predicted octanol–water partition coefficient (Wildman–Crippen LogP) is 6.87. The van der Waals surface area contributed by atoms with E-state index in [9.17, 15) is 0 Å². The van der Waals surface area contributed by atoms with E-state index in [0.29, 0.717) is 22.6 Å². The van der Waals surface area contributed by atoms with Gasteiger partial charge in [0.1, 0.15) is 23.4 Å². The summed E-state index contributed by atoms with van der Waals surface area (Å²) in [7, 11) is 1.65. The smallest absolute Gasteiger partial charge is 0.133 e. The van der Waals surface area contributed by atoms with Gasteiger partial charge < -0.3 is 14.8 Å². The second kappa shape index (κ2) is 9.85. The normalized spacial score (nSPS) is 17.8. The van der Waals surface area contributed by atoms with Crippen LogP contribution in [0, 0.1) is 5.92 Å². The highest BCUT2D eigenvalue weighted by Crippen LogP contribution is 2.39. The highest BCUT2D eigenvalue weighted by Gasteiger charge is 2.33. The quantitative estimate of drug-likeness (QED) is 0.411. The number of aliphatic imine (C=N–C) groups is 1. The number of methoxy groups -OCH3 is 1. The third-order valence-electron chi connectivity index (χ3n) is 5.33. The summed E-state index contributed by atoms with van der Waals surface area (Å²) in [5.74, 6) is 2.67. The molecule has 0 spiro atoms. The van der Waals surface area contributed by atoms with Gasteiger partial charge >= 0.3 is 0 Å². The molecule has 0 radical (unpaired) electrons. The van der Waals surface area contributed by atoms with E-state index < -0.39 is 0 Å². The predicted molar refractivity (Wildman–Crippen MR) is 131 cm³/mol. The zero-order valence-corrected chi connectivity index (χ0v) is 19.8. The molecule has 0 amide bonds. The maximum atomic E-state index is 6.13. The minimum absolute atomic E-state index is 0.0523. The second-order valence-electron chi connectivity index (χ2n) is 8.21. The number of rotatable bonds is 7. The Morgan fingerprint density at radius 1 is 0.906 bits per heavy atom. The summed E-state index contributed by atoms with van der Waals surface area (Å²) in [5, 5.41) is 5.03. The van der Waals surface area contributed by atoms with Gasteiger partial charge in [-0.25, -0.2) is 0 Å². The third-order valence-corrected chi connectivity index (χ3v) is 5.84. The molecule has 0 saturated heterocycles. The zero-order chi connectivity index (χ0) is 22.7. The molecule has 1 aliphatic heterocycles. The Hall–Kier alpha value is -2.69. The van der Waals surface area contributed by atoms with Crippen LogP contribution in [0.1, 0.15) is 42.6 Å². The van der Waals surface area contributed by atoms with Crippen LogP contribution in [0.2, 0.25) is 10.0 Å². The molecule has 1 heterocycles. The monoisotopic (exact) mass is 468 g/mol. The van der Waals surface area contributed by atoms with Crippen LogP contribution in [0.5, 0.6) is 11.5 Å². The fourth-order valence-electron chi connectivity index (χ4n) is 3.69. The molecule has 0 saturated carbocycles. The van der Waals surface area contributed by atoms with Crippen LogP contribution >= 0.6 is 23.2 Å². The number of nitrogens with one attached hydrogen (secondary N) is 1. The first-order valence-corrected chi connectivity index (χ1v) is 11.4. The Balaban J connectivity index is 1.74. The number of nitrogens with zero attached hydrogens (tertiary/aromatic N) is 1. The number of amidine groups is 1. The van der Waals surface area contributed by atoms with Crippen molar-refractivity contribution in [2.45, 2.75) is 25.9 Å². The van der Waals surface area contributed by atoms with Crippen molar-refractivity contribution < 1.29 is 9.47 Å². The van der Waals surface area contributed by atoms with Crippen molar-refractivity contribution in [2.75, 3.05) is 13.7 Å². The van der Waals surface area contributed by atoms with Crippen molar-refractivity contribution in [2.24, 2.45) is 10.9 Å². The number of benzene rings is 3. The highest BCUT2D eigenvalue weighted by molar-refractivity contribution is 6.30. The summed E-state index contributed by atoms with van der Waals surface area (Å²) in [6.07, 6.45) is 0. The summed E-state index contributed by atoms with van der Waals surface area (Å²) < 4.78 is 11.5. The number of ether oxygens (including phenoxy) is 2. The molecule has 32 heavy (non-hydrogen) atoms. The molecule has 0 fully saturated rings. The zero-order valence-electron chi connectivity index (χ0n) is 18.3. The Morgan fingerprint density at radius 3 is 2.12 bits per heavy atom. The van der Waals surface area contributed by atoms with Crippen molar-refractivity contribution in [1.82, 2.24) is 5.32 Å². The van der Waals surface area contributed by atoms with E-state index in [1.165, 1.54) is 0 Å². The van der Waals surface area contributed by atoms with Crippen LogP contribution in [0.3, 0.4) is 0 Å². The fraction of sp³-hybridized carbons (Fsp3) is 0.269. The number of hydrogen-bond donors (Lipinski definition) is 1. The van der Waals surface area contributed by atoms with Crippen LogP contribution in [0.25, 0.3) is 0 Å². The molecular formula is C26H26Cl2N2O2. The second-order valence-corrected chi connectivity index (χ2v) is 9.09. The van der Waals surface area contributed by atoms with E-state index in [1.807, 2.05) is 66.7 Å². The van der Waals surface area contributed by atoms with Crippen molar-refractivity contribution in [3.8, 4) is 11.5 Å². The molecule has 166 valence electrons. The Morgan fingerprint density at radius 2 is 1.53 bits per heavy atom. The van der Waals surface area contributed by atoms with E-state index in [1.54, 1.807) is 7.11 Å². The summed E-state index contributed by atoms with van der Waals surface area (Å²) in [4.78, 5) is 5.09. The summed E-state index contributed by atoms with van der Waals surface area (Å²) in [6.45, 7) is 4.85. The Labute approximate surface area is 199 Å². The summed E-state index contributed by atoms with van der Waals surface area (Å²) in [5.41, 5.74) is 3.09. The highest BCUT2D eigenvalue weighted by atomic mass is 35.5. The lowest BCUT2D eigenvalue weighted by molar-refractivity contribution is 0.269. The van der Waals surface area contributed by atoms with Gasteiger partial charge in [-0.15, -0.1) is 0 Å². The molecule has 3 aromatic rings. The molecule has 0 aliphatic carbocycles. The van der Waals surface area contributed by atoms with Crippen LogP contribution < -0.4 is 14.8 Å². The molecule has 1 aliphatic rings. The largest absolute Gasteiger partial charge is 0.497 e. The first-order chi connectivity index (χ1) is 15.4. The van der Waals surface area contributed by atoms with Crippen molar-refractivity contribution in [3.63, 3.8) is 0 Å². The summed E-state index contributed by atoms with van der Waals surface area (Å²) >= 11 is 12.3. The van der Waals surface area contributed by atoms with E-state index in [0.717, 1.165) is 34.0 Å². The van der Waals surface area contributed by atoms with Gasteiger partial charge in [-0.2, -0.15) is 0 Å². The van der Waals surface area contributed by atoms with Crippen LogP contribution in [-0.4, -0.2) is 19.6 Å². The number of hydrogen-bond acceptors (Lipinski definition) is 4. The minimum atomic E-state index is -0.122. The van der Waals surface area contributed by atoms with E-state index in [2.05, 4.69) is 19.2 Å². The SMILES string of the molecule is COc1ccc(C2=NC(c3ccc(Cl)cc3)C(c3ccc(Cl)cc3)N2)c(OCC(C)C)c1. The topological polar surface area (TPSA) is 42.8 Å². The third kappa shape index (κ3) is 5.03. The van der Waals surface area contributed by atoms with Gasteiger partial charge in [-0.05, 0) is 53.4 Å². The van der Waals surface area contributed by atoms with Crippen LogP contribution in [-0.2, 0) is 0 Å². The lowest BCUT2D eigenvalue weighted by Gasteiger charge is -2.20. The molecule has 4 nitrogen and oxygen atoms in total.